The van der Waals surface area contributed by atoms with E-state index < -0.39 is 5.82 Å². The summed E-state index contributed by atoms with van der Waals surface area (Å²) in [7, 11) is 0. The van der Waals surface area contributed by atoms with Crippen LogP contribution in [-0.2, 0) is 4.79 Å². The normalized spacial score (nSPS) is 15.1. The van der Waals surface area contributed by atoms with Gasteiger partial charge in [-0.1, -0.05) is 42.2 Å². The first-order chi connectivity index (χ1) is 14.8. The molecule has 156 valence electrons. The van der Waals surface area contributed by atoms with E-state index in [1.165, 1.54) is 16.7 Å². The molecule has 1 aliphatic rings. The van der Waals surface area contributed by atoms with Crippen LogP contribution in [0.4, 0.5) is 10.1 Å². The van der Waals surface area contributed by atoms with Crippen molar-refractivity contribution in [2.75, 3.05) is 4.90 Å². The number of hydrogen-bond acceptors (Lipinski definition) is 6. The molecule has 0 N–H and O–H groups in total. The second kappa shape index (κ2) is 8.74. The van der Waals surface area contributed by atoms with Crippen molar-refractivity contribution in [3.05, 3.63) is 81.4 Å². The summed E-state index contributed by atoms with van der Waals surface area (Å²) >= 11 is 12.4. The fraction of sp³-hybridized carbons (Fsp3) is 0.0909. The first-order valence-corrected chi connectivity index (χ1v) is 10.7. The third-order valence-electron chi connectivity index (χ3n) is 4.60. The summed E-state index contributed by atoms with van der Waals surface area (Å²) in [5, 5.41) is -0.123. The lowest BCUT2D eigenvalue weighted by Gasteiger charge is -2.15. The number of rotatable bonds is 4. The van der Waals surface area contributed by atoms with Gasteiger partial charge in [0, 0.05) is 0 Å². The van der Waals surface area contributed by atoms with Crippen LogP contribution in [-0.4, -0.2) is 20.2 Å². The molecule has 1 aromatic heterocycles. The van der Waals surface area contributed by atoms with Crippen molar-refractivity contribution in [3.63, 3.8) is 0 Å². The Balaban J connectivity index is 1.59. The smallest absolute Gasteiger partial charge is 0.270 e. The minimum atomic E-state index is -0.732. The van der Waals surface area contributed by atoms with Gasteiger partial charge in [0.15, 0.2) is 4.32 Å². The number of nitrogens with zero attached hydrogens (tertiary/aromatic N) is 3. The minimum Gasteiger partial charge on any atom is -0.436 e. The van der Waals surface area contributed by atoms with Crippen molar-refractivity contribution >= 4 is 57.6 Å². The quantitative estimate of drug-likeness (QED) is 0.261. The molecule has 0 radical (unpaired) electrons. The summed E-state index contributed by atoms with van der Waals surface area (Å²) in [6.45, 7) is 4.01. The second-order valence-corrected chi connectivity index (χ2v) is 8.77. The van der Waals surface area contributed by atoms with E-state index in [1.807, 2.05) is 32.0 Å². The van der Waals surface area contributed by atoms with Crippen molar-refractivity contribution in [2.45, 2.75) is 13.8 Å². The number of aryl methyl sites for hydroxylation is 2. The van der Waals surface area contributed by atoms with Crippen LogP contribution in [0.15, 0.2) is 53.6 Å². The highest BCUT2D eigenvalue weighted by atomic mass is 35.5. The molecular weight excluding hydrogens is 457 g/mol. The number of thioether (sulfide) groups is 1. The second-order valence-electron chi connectivity index (χ2n) is 6.75. The molecule has 31 heavy (non-hydrogen) atoms. The fourth-order valence-electron chi connectivity index (χ4n) is 2.89. The van der Waals surface area contributed by atoms with Crippen LogP contribution in [0.1, 0.15) is 16.7 Å². The van der Waals surface area contributed by atoms with Crippen LogP contribution in [0.5, 0.6) is 11.6 Å². The van der Waals surface area contributed by atoms with E-state index in [0.29, 0.717) is 20.5 Å². The van der Waals surface area contributed by atoms with Crippen LogP contribution < -0.4 is 9.64 Å². The average molecular weight is 472 g/mol. The van der Waals surface area contributed by atoms with Gasteiger partial charge in [-0.25, -0.2) is 4.98 Å². The number of anilines is 1. The topological polar surface area (TPSA) is 55.3 Å². The van der Waals surface area contributed by atoms with E-state index >= 15 is 0 Å². The van der Waals surface area contributed by atoms with Crippen molar-refractivity contribution in [2.24, 2.45) is 0 Å². The van der Waals surface area contributed by atoms with Crippen molar-refractivity contribution in [1.82, 2.24) is 9.97 Å². The molecule has 0 bridgehead atoms. The largest absolute Gasteiger partial charge is 0.436 e. The highest BCUT2D eigenvalue weighted by molar-refractivity contribution is 8.27. The third-order valence-corrected chi connectivity index (χ3v) is 6.08. The monoisotopic (exact) mass is 471 g/mol. The Morgan fingerprint density at radius 1 is 1.19 bits per heavy atom. The molecule has 0 aliphatic carbocycles. The predicted molar refractivity (Wildman–Crippen MR) is 125 cm³/mol. The number of carbonyl (C=O) groups is 1. The number of amides is 1. The number of carbonyl (C=O) groups excluding carboxylic acids is 1. The van der Waals surface area contributed by atoms with Crippen LogP contribution in [0.2, 0.25) is 5.28 Å². The van der Waals surface area contributed by atoms with Gasteiger partial charge in [0.1, 0.15) is 5.75 Å². The van der Waals surface area contributed by atoms with Gasteiger partial charge in [-0.05, 0) is 72.5 Å². The number of benzene rings is 2. The maximum atomic E-state index is 13.8. The zero-order chi connectivity index (χ0) is 22.1. The zero-order valence-electron chi connectivity index (χ0n) is 16.4. The highest BCUT2D eigenvalue weighted by Crippen LogP contribution is 2.37. The molecule has 0 unspecified atom stereocenters. The molecule has 1 aliphatic heterocycles. The summed E-state index contributed by atoms with van der Waals surface area (Å²) in [5.41, 5.74) is 3.65. The lowest BCUT2D eigenvalue weighted by atomic mass is 10.1. The molecule has 0 saturated carbocycles. The van der Waals surface area contributed by atoms with Gasteiger partial charge in [-0.15, -0.1) is 0 Å². The van der Waals surface area contributed by atoms with E-state index in [4.69, 9.17) is 28.6 Å². The predicted octanol–water partition coefficient (Wildman–Crippen LogP) is 6.08. The summed E-state index contributed by atoms with van der Waals surface area (Å²) in [6, 6.07) is 12.6. The average Bonchev–Trinajstić information content (AvgIpc) is 3.00. The molecule has 0 atom stereocenters. The number of thiocarbonyl (C=S) groups is 1. The molecule has 0 spiro atoms. The maximum Gasteiger partial charge on any atom is 0.270 e. The molecule has 2 heterocycles. The van der Waals surface area contributed by atoms with E-state index in [1.54, 1.807) is 30.3 Å². The summed E-state index contributed by atoms with van der Waals surface area (Å²) < 4.78 is 19.8. The van der Waals surface area contributed by atoms with Gasteiger partial charge in [0.2, 0.25) is 11.1 Å². The van der Waals surface area contributed by atoms with Crippen LogP contribution >= 0.6 is 35.6 Å². The maximum absolute atomic E-state index is 13.8. The Labute approximate surface area is 192 Å². The Hall–Kier alpha value is -2.81. The summed E-state index contributed by atoms with van der Waals surface area (Å²) in [6.07, 6.45) is 2.66. The van der Waals surface area contributed by atoms with Crippen LogP contribution in [0.25, 0.3) is 6.08 Å². The molecule has 1 saturated heterocycles. The van der Waals surface area contributed by atoms with Crippen molar-refractivity contribution < 1.29 is 13.9 Å². The lowest BCUT2D eigenvalue weighted by molar-refractivity contribution is -0.113. The van der Waals surface area contributed by atoms with Crippen LogP contribution in [0.3, 0.4) is 0 Å². The Kier molecular flexibility index (Phi) is 6.04. The number of halogens is 2. The van der Waals surface area contributed by atoms with Gasteiger partial charge >= 0.3 is 0 Å². The van der Waals surface area contributed by atoms with Crippen LogP contribution in [0, 0.1) is 19.7 Å². The van der Waals surface area contributed by atoms with Crippen molar-refractivity contribution in [1.29, 1.82) is 0 Å². The van der Waals surface area contributed by atoms with E-state index in [9.17, 15) is 9.18 Å². The van der Waals surface area contributed by atoms with Gasteiger partial charge in [0.05, 0.1) is 16.8 Å². The van der Waals surface area contributed by atoms with E-state index in [-0.39, 0.29) is 17.1 Å². The molecule has 4 rings (SSSR count). The first-order valence-electron chi connectivity index (χ1n) is 9.13. The lowest BCUT2D eigenvalue weighted by Crippen LogP contribution is -2.27. The molecule has 3 aromatic rings. The molecule has 2 aromatic carbocycles. The van der Waals surface area contributed by atoms with Gasteiger partial charge in [-0.3, -0.25) is 9.69 Å². The Morgan fingerprint density at radius 2 is 2.00 bits per heavy atom. The Morgan fingerprint density at radius 3 is 2.77 bits per heavy atom. The van der Waals surface area contributed by atoms with Gasteiger partial charge < -0.3 is 4.74 Å². The van der Waals surface area contributed by atoms with Gasteiger partial charge in [-0.2, -0.15) is 9.37 Å². The third kappa shape index (κ3) is 4.61. The van der Waals surface area contributed by atoms with Gasteiger partial charge in [0.25, 0.3) is 11.8 Å². The molecule has 5 nitrogen and oxygen atoms in total. The fourth-order valence-corrected chi connectivity index (χ4v) is 4.31. The number of ether oxygens (including phenoxy) is 1. The molecule has 9 heteroatoms. The van der Waals surface area contributed by atoms with E-state index in [0.717, 1.165) is 23.0 Å². The molecule has 1 fully saturated rings. The van der Waals surface area contributed by atoms with E-state index in [2.05, 4.69) is 9.97 Å². The number of aromatic nitrogens is 2. The first kappa shape index (κ1) is 21.4. The molecular formula is C22H15ClFN3O2S2. The summed E-state index contributed by atoms with van der Waals surface area (Å²) in [4.78, 5) is 22.3. The summed E-state index contributed by atoms with van der Waals surface area (Å²) in [5.74, 6) is -0.868. The number of hydrogen-bond donors (Lipinski definition) is 0. The minimum absolute atomic E-state index is 0.123. The SMILES string of the molecule is Cc1ccc(N2C(=O)C(=Cc3cccc(Oc4nc(Cl)ncc4F)c3)SC2=S)cc1C. The zero-order valence-corrected chi connectivity index (χ0v) is 18.8. The highest BCUT2D eigenvalue weighted by Gasteiger charge is 2.33. The molecule has 1 amide bonds. The van der Waals surface area contributed by atoms with Crippen molar-refractivity contribution in [3.8, 4) is 11.6 Å². The standard InChI is InChI=1S/C22H15ClFN3O2S2/c1-12-6-7-15(8-13(12)2)27-20(28)18(31-22(27)30)10-14-4-3-5-16(9-14)29-19-17(24)11-25-21(23)26-19/h3-11H,1-2H3. The Bertz CT molecular complexity index is 1250.